The molecule has 1 N–H and O–H groups in total. The van der Waals surface area contributed by atoms with Gasteiger partial charge in [0.1, 0.15) is 5.70 Å². The van der Waals surface area contributed by atoms with Crippen molar-refractivity contribution in [2.24, 2.45) is 0 Å². The molecule has 84 valence electrons. The van der Waals surface area contributed by atoms with Crippen LogP contribution < -0.4 is 5.32 Å². The zero-order chi connectivity index (χ0) is 12.1. The standard InChI is InChI=1S/C11H10BrNO3/c1-7(11(15)16-2)13-10(14)8-3-5-9(12)6-4-8/h3-6H,1H2,2H3,(H,13,14). The maximum atomic E-state index is 11.6. The third-order valence-corrected chi connectivity index (χ3v) is 2.33. The van der Waals surface area contributed by atoms with Crippen LogP contribution in [0.4, 0.5) is 0 Å². The molecule has 1 rings (SSSR count). The van der Waals surface area contributed by atoms with E-state index < -0.39 is 11.9 Å². The van der Waals surface area contributed by atoms with Gasteiger partial charge in [0, 0.05) is 10.0 Å². The van der Waals surface area contributed by atoms with Gasteiger partial charge < -0.3 is 10.1 Å². The molecule has 0 unspecified atom stereocenters. The number of amides is 1. The molecular formula is C11H10BrNO3. The van der Waals surface area contributed by atoms with Crippen molar-refractivity contribution in [2.45, 2.75) is 0 Å². The molecule has 0 spiro atoms. The van der Waals surface area contributed by atoms with Gasteiger partial charge in [0.15, 0.2) is 0 Å². The molecule has 0 radical (unpaired) electrons. The van der Waals surface area contributed by atoms with Crippen LogP contribution in [-0.4, -0.2) is 19.0 Å². The molecule has 0 aromatic heterocycles. The third-order valence-electron chi connectivity index (χ3n) is 1.80. The van der Waals surface area contributed by atoms with Crippen molar-refractivity contribution in [1.29, 1.82) is 0 Å². The third kappa shape index (κ3) is 3.20. The largest absolute Gasteiger partial charge is 0.464 e. The van der Waals surface area contributed by atoms with Gasteiger partial charge in [-0.2, -0.15) is 0 Å². The Hall–Kier alpha value is -1.62. The zero-order valence-electron chi connectivity index (χ0n) is 8.62. The van der Waals surface area contributed by atoms with Crippen LogP contribution in [0.1, 0.15) is 10.4 Å². The molecule has 16 heavy (non-hydrogen) atoms. The Morgan fingerprint density at radius 1 is 1.31 bits per heavy atom. The maximum Gasteiger partial charge on any atom is 0.353 e. The first-order valence-electron chi connectivity index (χ1n) is 4.38. The highest BCUT2D eigenvalue weighted by molar-refractivity contribution is 9.10. The molecule has 0 atom stereocenters. The molecule has 0 saturated carbocycles. The molecule has 0 fully saturated rings. The van der Waals surface area contributed by atoms with Crippen LogP contribution in [0, 0.1) is 0 Å². The second kappa shape index (κ2) is 5.46. The molecule has 5 heteroatoms. The van der Waals surface area contributed by atoms with E-state index in [9.17, 15) is 9.59 Å². The average Bonchev–Trinajstić information content (AvgIpc) is 2.28. The van der Waals surface area contributed by atoms with E-state index in [0.717, 1.165) is 4.47 Å². The molecule has 0 heterocycles. The topological polar surface area (TPSA) is 55.4 Å². The second-order valence-electron chi connectivity index (χ2n) is 2.93. The summed E-state index contributed by atoms with van der Waals surface area (Å²) in [5.41, 5.74) is 0.351. The Kier molecular flexibility index (Phi) is 4.25. The highest BCUT2D eigenvalue weighted by Gasteiger charge is 2.11. The average molecular weight is 284 g/mol. The quantitative estimate of drug-likeness (QED) is 0.681. The minimum absolute atomic E-state index is 0.0876. The molecule has 0 bridgehead atoms. The van der Waals surface area contributed by atoms with Crippen molar-refractivity contribution in [2.75, 3.05) is 7.11 Å². The Labute approximate surface area is 101 Å². The predicted octanol–water partition coefficient (Wildman–Crippen LogP) is 1.87. The summed E-state index contributed by atoms with van der Waals surface area (Å²) in [5, 5.41) is 2.34. The zero-order valence-corrected chi connectivity index (χ0v) is 10.2. The van der Waals surface area contributed by atoms with Crippen molar-refractivity contribution in [3.63, 3.8) is 0 Å². The van der Waals surface area contributed by atoms with Gasteiger partial charge in [-0.15, -0.1) is 0 Å². The minimum atomic E-state index is -0.662. The maximum absolute atomic E-state index is 11.6. The van der Waals surface area contributed by atoms with Gasteiger partial charge in [0.05, 0.1) is 7.11 Å². The Bertz CT molecular complexity index is 425. The van der Waals surface area contributed by atoms with Crippen LogP contribution in [0.5, 0.6) is 0 Å². The van der Waals surface area contributed by atoms with E-state index in [2.05, 4.69) is 32.6 Å². The lowest BCUT2D eigenvalue weighted by molar-refractivity contribution is -0.136. The van der Waals surface area contributed by atoms with E-state index in [-0.39, 0.29) is 5.70 Å². The highest BCUT2D eigenvalue weighted by atomic mass is 79.9. The normalized spacial score (nSPS) is 9.38. The molecule has 0 aliphatic rings. The van der Waals surface area contributed by atoms with Gasteiger partial charge in [-0.05, 0) is 24.3 Å². The molecule has 1 aromatic rings. The Morgan fingerprint density at radius 3 is 2.38 bits per heavy atom. The van der Waals surface area contributed by atoms with Crippen LogP contribution in [0.3, 0.4) is 0 Å². The number of carbonyl (C=O) groups is 2. The van der Waals surface area contributed by atoms with Gasteiger partial charge >= 0.3 is 5.97 Å². The first-order chi connectivity index (χ1) is 7.54. The molecule has 0 aliphatic heterocycles. The number of nitrogens with one attached hydrogen (secondary N) is 1. The molecule has 1 amide bonds. The van der Waals surface area contributed by atoms with E-state index in [1.54, 1.807) is 24.3 Å². The van der Waals surface area contributed by atoms with Gasteiger partial charge in [-0.25, -0.2) is 4.79 Å². The summed E-state index contributed by atoms with van der Waals surface area (Å²) in [4.78, 5) is 22.6. The molecular weight excluding hydrogens is 274 g/mol. The number of hydrogen-bond donors (Lipinski definition) is 1. The van der Waals surface area contributed by atoms with Crippen molar-refractivity contribution >= 4 is 27.8 Å². The summed E-state index contributed by atoms with van der Waals surface area (Å²) in [6.07, 6.45) is 0. The van der Waals surface area contributed by atoms with Crippen LogP contribution in [-0.2, 0) is 9.53 Å². The van der Waals surface area contributed by atoms with Gasteiger partial charge in [-0.1, -0.05) is 22.5 Å². The first-order valence-corrected chi connectivity index (χ1v) is 5.18. The van der Waals surface area contributed by atoms with Crippen molar-refractivity contribution in [3.8, 4) is 0 Å². The Morgan fingerprint density at radius 2 is 1.88 bits per heavy atom. The van der Waals surface area contributed by atoms with Gasteiger partial charge in [0.25, 0.3) is 5.91 Å². The van der Waals surface area contributed by atoms with Crippen LogP contribution in [0.2, 0.25) is 0 Å². The number of rotatable bonds is 3. The number of esters is 1. The lowest BCUT2D eigenvalue weighted by Gasteiger charge is -2.06. The number of halogens is 1. The fourth-order valence-corrected chi connectivity index (χ4v) is 1.25. The van der Waals surface area contributed by atoms with E-state index in [0.29, 0.717) is 5.56 Å². The van der Waals surface area contributed by atoms with E-state index >= 15 is 0 Å². The van der Waals surface area contributed by atoms with E-state index in [1.807, 2.05) is 0 Å². The molecule has 0 saturated heterocycles. The fourth-order valence-electron chi connectivity index (χ4n) is 0.985. The number of benzene rings is 1. The van der Waals surface area contributed by atoms with Gasteiger partial charge in [-0.3, -0.25) is 4.79 Å². The molecule has 0 aliphatic carbocycles. The summed E-state index contributed by atoms with van der Waals surface area (Å²) in [6.45, 7) is 3.39. The van der Waals surface area contributed by atoms with Crippen molar-refractivity contribution < 1.29 is 14.3 Å². The predicted molar refractivity (Wildman–Crippen MR) is 62.8 cm³/mol. The fraction of sp³-hybridized carbons (Fsp3) is 0.0909. The number of carbonyl (C=O) groups excluding carboxylic acids is 2. The molecule has 1 aromatic carbocycles. The van der Waals surface area contributed by atoms with Crippen LogP contribution in [0.15, 0.2) is 41.0 Å². The lowest BCUT2D eigenvalue weighted by atomic mass is 10.2. The monoisotopic (exact) mass is 283 g/mol. The SMILES string of the molecule is C=C(NC(=O)c1ccc(Br)cc1)C(=O)OC. The highest BCUT2D eigenvalue weighted by Crippen LogP contribution is 2.10. The van der Waals surface area contributed by atoms with Crippen molar-refractivity contribution in [3.05, 3.63) is 46.6 Å². The first kappa shape index (κ1) is 12.4. The van der Waals surface area contributed by atoms with Crippen molar-refractivity contribution in [1.82, 2.24) is 5.32 Å². The summed E-state index contributed by atoms with van der Waals surface area (Å²) in [6, 6.07) is 6.72. The molecule has 4 nitrogen and oxygen atoms in total. The minimum Gasteiger partial charge on any atom is -0.464 e. The lowest BCUT2D eigenvalue weighted by Crippen LogP contribution is -2.27. The van der Waals surface area contributed by atoms with E-state index in [1.165, 1.54) is 7.11 Å². The number of methoxy groups -OCH3 is 1. The second-order valence-corrected chi connectivity index (χ2v) is 3.85. The number of hydrogen-bond acceptors (Lipinski definition) is 3. The van der Waals surface area contributed by atoms with Crippen LogP contribution >= 0.6 is 15.9 Å². The summed E-state index contributed by atoms with van der Waals surface area (Å²) in [7, 11) is 1.22. The summed E-state index contributed by atoms with van der Waals surface area (Å²) >= 11 is 3.26. The number of ether oxygens (including phenoxy) is 1. The van der Waals surface area contributed by atoms with E-state index in [4.69, 9.17) is 0 Å². The summed E-state index contributed by atoms with van der Waals surface area (Å²) in [5.74, 6) is -1.06. The summed E-state index contributed by atoms with van der Waals surface area (Å²) < 4.78 is 5.28. The smallest absolute Gasteiger partial charge is 0.353 e. The van der Waals surface area contributed by atoms with Crippen LogP contribution in [0.25, 0.3) is 0 Å². The van der Waals surface area contributed by atoms with Gasteiger partial charge in [0.2, 0.25) is 0 Å². The Balaban J connectivity index is 2.69.